The molecule has 1 amide bonds. The molecular formula is C25H27BClFN4O5. The molecule has 0 atom stereocenters. The molecule has 0 spiro atoms. The Morgan fingerprint density at radius 1 is 1.08 bits per heavy atom. The number of hydrogen-bond donors (Lipinski definition) is 1. The van der Waals surface area contributed by atoms with Gasteiger partial charge in [0.1, 0.15) is 5.82 Å². The van der Waals surface area contributed by atoms with Crippen LogP contribution in [-0.4, -0.2) is 38.6 Å². The number of aryl methyl sites for hydroxylation is 1. The Kier molecular flexibility index (Phi) is 6.68. The highest BCUT2D eigenvalue weighted by molar-refractivity contribution is 6.66. The largest absolute Gasteiger partial charge is 0.496 e. The average molecular weight is 529 g/mol. The van der Waals surface area contributed by atoms with Crippen LogP contribution in [0.5, 0.6) is 0 Å². The molecule has 1 aliphatic rings. The molecule has 0 bridgehead atoms. The fourth-order valence-electron chi connectivity index (χ4n) is 4.02. The monoisotopic (exact) mass is 528 g/mol. The molecule has 1 aliphatic heterocycles. The number of nitrogens with one attached hydrogen (secondary N) is 1. The Morgan fingerprint density at radius 2 is 1.70 bits per heavy atom. The molecule has 0 aliphatic carbocycles. The normalized spacial score (nSPS) is 16.2. The number of carbonyl (C=O) groups is 1. The SMILES string of the molecule is Cc1c(NC(=O)c2nn(C)c(=O)n(C)c2=O)cc(F)cc1-c1cccc(B2OC(C)(C)C(C)(C)O2)c1Cl. The molecule has 0 radical (unpaired) electrons. The van der Waals surface area contributed by atoms with Gasteiger partial charge >= 0.3 is 12.8 Å². The van der Waals surface area contributed by atoms with E-state index in [0.29, 0.717) is 27.2 Å². The number of carbonyl (C=O) groups excluding carboxylic acids is 1. The zero-order valence-corrected chi connectivity index (χ0v) is 22.4. The van der Waals surface area contributed by atoms with Crippen LogP contribution >= 0.6 is 11.6 Å². The van der Waals surface area contributed by atoms with Crippen molar-refractivity contribution in [3.8, 4) is 11.1 Å². The van der Waals surface area contributed by atoms with Crippen molar-refractivity contribution in [2.24, 2.45) is 14.1 Å². The van der Waals surface area contributed by atoms with Crippen molar-refractivity contribution < 1.29 is 18.5 Å². The van der Waals surface area contributed by atoms with E-state index in [9.17, 15) is 18.8 Å². The maximum atomic E-state index is 14.8. The van der Waals surface area contributed by atoms with Crippen LogP contribution in [0.3, 0.4) is 0 Å². The van der Waals surface area contributed by atoms with Crippen molar-refractivity contribution >= 4 is 35.8 Å². The van der Waals surface area contributed by atoms with Crippen molar-refractivity contribution in [2.45, 2.75) is 45.8 Å². The van der Waals surface area contributed by atoms with E-state index in [1.165, 1.54) is 20.2 Å². The second-order valence-corrected chi connectivity index (χ2v) is 10.4. The number of hydrogen-bond acceptors (Lipinski definition) is 6. The highest BCUT2D eigenvalue weighted by Crippen LogP contribution is 2.39. The molecule has 2 heterocycles. The summed E-state index contributed by atoms with van der Waals surface area (Å²) in [5, 5.41) is 6.63. The molecule has 12 heteroatoms. The van der Waals surface area contributed by atoms with Crippen LogP contribution in [0.25, 0.3) is 11.1 Å². The summed E-state index contributed by atoms with van der Waals surface area (Å²) in [6, 6.07) is 7.72. The van der Waals surface area contributed by atoms with Gasteiger partial charge in [0, 0.05) is 35.8 Å². The zero-order valence-electron chi connectivity index (χ0n) is 21.6. The van der Waals surface area contributed by atoms with Gasteiger partial charge in [-0.25, -0.2) is 13.9 Å². The van der Waals surface area contributed by atoms with Crippen LogP contribution in [0.15, 0.2) is 39.9 Å². The van der Waals surface area contributed by atoms with Crippen LogP contribution in [0, 0.1) is 12.7 Å². The summed E-state index contributed by atoms with van der Waals surface area (Å²) in [7, 11) is 1.83. The van der Waals surface area contributed by atoms with Gasteiger partial charge in [-0.05, 0) is 57.9 Å². The minimum atomic E-state index is -0.882. The van der Waals surface area contributed by atoms with Crippen LogP contribution in [0.4, 0.5) is 10.1 Å². The molecule has 0 saturated carbocycles. The number of nitrogens with zero attached hydrogens (tertiary/aromatic N) is 3. The van der Waals surface area contributed by atoms with Crippen LogP contribution < -0.4 is 22.0 Å². The number of benzene rings is 2. The first-order valence-corrected chi connectivity index (χ1v) is 11.9. The van der Waals surface area contributed by atoms with Gasteiger partial charge in [-0.15, -0.1) is 0 Å². The van der Waals surface area contributed by atoms with Crippen molar-refractivity contribution in [1.82, 2.24) is 14.3 Å². The Morgan fingerprint density at radius 3 is 2.32 bits per heavy atom. The van der Waals surface area contributed by atoms with Crippen LogP contribution in [-0.2, 0) is 23.4 Å². The lowest BCUT2D eigenvalue weighted by atomic mass is 9.77. The fraction of sp³-hybridized carbons (Fsp3) is 0.360. The lowest BCUT2D eigenvalue weighted by molar-refractivity contribution is 0.00578. The first-order chi connectivity index (χ1) is 17.1. The standard InChI is InChI=1S/C25H27BClFN4O5/c1-13-16(15-9-8-10-17(19(15)27)26-36-24(2,3)25(4,5)37-26)11-14(28)12-18(13)29-21(33)20-22(34)31(6)23(35)32(7)30-20/h8-12H,1-7H3,(H,29,33). The summed E-state index contributed by atoms with van der Waals surface area (Å²) in [4.78, 5) is 37.2. The van der Waals surface area contributed by atoms with Crippen LogP contribution in [0.1, 0.15) is 43.7 Å². The van der Waals surface area contributed by atoms with E-state index in [-0.39, 0.29) is 5.69 Å². The Bertz CT molecular complexity index is 1530. The molecule has 9 nitrogen and oxygen atoms in total. The summed E-state index contributed by atoms with van der Waals surface area (Å²) in [5.41, 5.74) is -1.04. The van der Waals surface area contributed by atoms with Crippen molar-refractivity contribution in [3.05, 3.63) is 73.3 Å². The van der Waals surface area contributed by atoms with E-state index in [1.54, 1.807) is 25.1 Å². The highest BCUT2D eigenvalue weighted by atomic mass is 35.5. The molecule has 194 valence electrons. The first-order valence-electron chi connectivity index (χ1n) is 11.5. The second-order valence-electron chi connectivity index (χ2n) is 10.00. The van der Waals surface area contributed by atoms with E-state index < -0.39 is 47.0 Å². The number of amides is 1. The number of rotatable bonds is 4. The van der Waals surface area contributed by atoms with Gasteiger partial charge in [0.05, 0.1) is 11.2 Å². The van der Waals surface area contributed by atoms with Gasteiger partial charge in [0.15, 0.2) is 0 Å². The molecule has 37 heavy (non-hydrogen) atoms. The third kappa shape index (κ3) is 4.63. The third-order valence-corrected chi connectivity index (χ3v) is 7.40. The summed E-state index contributed by atoms with van der Waals surface area (Å²) >= 11 is 6.80. The zero-order chi connectivity index (χ0) is 27.4. The number of anilines is 1. The van der Waals surface area contributed by atoms with Gasteiger partial charge in [-0.3, -0.25) is 14.2 Å². The van der Waals surface area contributed by atoms with Crippen molar-refractivity contribution in [2.75, 3.05) is 5.32 Å². The summed E-state index contributed by atoms with van der Waals surface area (Å²) < 4.78 is 28.7. The molecule has 1 fully saturated rings. The lowest BCUT2D eigenvalue weighted by Crippen LogP contribution is -2.43. The van der Waals surface area contributed by atoms with E-state index in [2.05, 4.69) is 10.4 Å². The highest BCUT2D eigenvalue weighted by Gasteiger charge is 2.52. The summed E-state index contributed by atoms with van der Waals surface area (Å²) in [6.45, 7) is 9.42. The van der Waals surface area contributed by atoms with E-state index in [1.807, 2.05) is 27.7 Å². The fourth-order valence-corrected chi connectivity index (χ4v) is 4.34. The Hall–Kier alpha value is -3.28. The maximum absolute atomic E-state index is 14.8. The smallest absolute Gasteiger partial charge is 0.399 e. The predicted molar refractivity (Wildman–Crippen MR) is 140 cm³/mol. The summed E-state index contributed by atoms with van der Waals surface area (Å²) in [5.74, 6) is -1.51. The quantitative estimate of drug-likeness (QED) is 0.522. The first kappa shape index (κ1) is 26.8. The van der Waals surface area contributed by atoms with E-state index in [0.717, 1.165) is 15.3 Å². The molecule has 3 aromatic rings. The predicted octanol–water partition coefficient (Wildman–Crippen LogP) is 2.80. The minimum Gasteiger partial charge on any atom is -0.399 e. The third-order valence-electron chi connectivity index (χ3n) is 6.98. The second kappa shape index (κ2) is 9.23. The number of aromatic nitrogens is 3. The molecule has 0 unspecified atom stereocenters. The molecule has 2 aromatic carbocycles. The molecule has 1 N–H and O–H groups in total. The average Bonchev–Trinajstić information content (AvgIpc) is 3.03. The Labute approximate surface area is 218 Å². The van der Waals surface area contributed by atoms with E-state index >= 15 is 0 Å². The van der Waals surface area contributed by atoms with Crippen molar-refractivity contribution in [3.63, 3.8) is 0 Å². The van der Waals surface area contributed by atoms with Gasteiger partial charge in [-0.1, -0.05) is 29.8 Å². The topological polar surface area (TPSA) is 104 Å². The van der Waals surface area contributed by atoms with Gasteiger partial charge in [0.2, 0.25) is 5.69 Å². The molecular weight excluding hydrogens is 502 g/mol. The van der Waals surface area contributed by atoms with Gasteiger partial charge < -0.3 is 14.6 Å². The van der Waals surface area contributed by atoms with E-state index in [4.69, 9.17) is 20.9 Å². The lowest BCUT2D eigenvalue weighted by Gasteiger charge is -2.32. The molecule has 1 saturated heterocycles. The van der Waals surface area contributed by atoms with Crippen LogP contribution in [0.2, 0.25) is 5.02 Å². The molecule has 4 rings (SSSR count). The molecule has 1 aromatic heterocycles. The Balaban J connectivity index is 1.74. The number of halogens is 2. The minimum absolute atomic E-state index is 0.120. The van der Waals surface area contributed by atoms with Gasteiger partial charge in [-0.2, -0.15) is 5.10 Å². The van der Waals surface area contributed by atoms with Gasteiger partial charge in [0.25, 0.3) is 11.5 Å². The van der Waals surface area contributed by atoms with Crippen molar-refractivity contribution in [1.29, 1.82) is 0 Å². The maximum Gasteiger partial charge on any atom is 0.496 e. The summed E-state index contributed by atoms with van der Waals surface area (Å²) in [6.07, 6.45) is 0.